The monoisotopic (exact) mass is 491 g/mol. The fraction of sp³-hybridized carbons (Fsp3) is 0.435. The molecule has 8 nitrogen and oxygen atoms in total. The van der Waals surface area contributed by atoms with Crippen molar-refractivity contribution in [3.8, 4) is 5.88 Å². The van der Waals surface area contributed by atoms with Crippen LogP contribution in [0.3, 0.4) is 0 Å². The van der Waals surface area contributed by atoms with Gasteiger partial charge in [-0.2, -0.15) is 4.39 Å². The van der Waals surface area contributed by atoms with Gasteiger partial charge in [-0.05, 0) is 55.7 Å². The van der Waals surface area contributed by atoms with E-state index in [0.29, 0.717) is 42.8 Å². The van der Waals surface area contributed by atoms with Crippen LogP contribution in [0.25, 0.3) is 0 Å². The minimum absolute atomic E-state index is 0.00286. The van der Waals surface area contributed by atoms with Crippen LogP contribution in [0, 0.1) is 23.5 Å². The molecule has 5 rings (SSSR count). The van der Waals surface area contributed by atoms with Crippen molar-refractivity contribution in [1.82, 2.24) is 19.3 Å². The molecule has 1 aromatic carbocycles. The summed E-state index contributed by atoms with van der Waals surface area (Å²) in [4.78, 5) is 17.5. The minimum atomic E-state index is -1.40. The van der Waals surface area contributed by atoms with E-state index in [-0.39, 0.29) is 34.4 Å². The third-order valence-electron chi connectivity index (χ3n) is 7.20. The molecule has 0 saturated heterocycles. The number of amides is 1. The van der Waals surface area contributed by atoms with E-state index in [1.807, 2.05) is 0 Å². The molecule has 0 radical (unpaired) electrons. The Morgan fingerprint density at radius 2 is 1.91 bits per heavy atom. The Labute approximate surface area is 199 Å². The number of aryl methyl sites for hydroxylation is 2. The van der Waals surface area contributed by atoms with Gasteiger partial charge >= 0.3 is 0 Å². The van der Waals surface area contributed by atoms with E-state index in [1.54, 1.807) is 17.9 Å². The van der Waals surface area contributed by atoms with Crippen LogP contribution < -0.4 is 5.32 Å². The van der Waals surface area contributed by atoms with Crippen molar-refractivity contribution in [1.29, 1.82) is 0 Å². The highest BCUT2D eigenvalue weighted by atomic mass is 35.5. The highest BCUT2D eigenvalue weighted by molar-refractivity contribution is 6.31. The Kier molecular flexibility index (Phi) is 5.40. The summed E-state index contributed by atoms with van der Waals surface area (Å²) in [6.07, 6.45) is 3.65. The van der Waals surface area contributed by atoms with Gasteiger partial charge in [0.2, 0.25) is 5.82 Å². The smallest absolute Gasteiger partial charge is 0.274 e. The summed E-state index contributed by atoms with van der Waals surface area (Å²) in [6, 6.07) is 3.97. The Hall–Kier alpha value is -2.98. The molecule has 1 amide bonds. The molecule has 2 unspecified atom stereocenters. The largest absolute Gasteiger partial charge is 0.490 e. The number of carbonyl (C=O) groups is 1. The van der Waals surface area contributed by atoms with Gasteiger partial charge in [-0.25, -0.2) is 9.37 Å². The predicted octanol–water partition coefficient (Wildman–Crippen LogP) is 3.83. The second-order valence-electron chi connectivity index (χ2n) is 9.41. The maximum Gasteiger partial charge on any atom is 0.274 e. The number of aliphatic hydroxyl groups is 1. The molecule has 2 aliphatic carbocycles. The number of nitrogens with one attached hydrogen (secondary N) is 1. The zero-order valence-electron chi connectivity index (χ0n) is 18.6. The van der Waals surface area contributed by atoms with Crippen LogP contribution in [0.2, 0.25) is 5.02 Å². The number of hydrogen-bond acceptors (Lipinski definition) is 5. The van der Waals surface area contributed by atoms with Crippen molar-refractivity contribution in [2.45, 2.75) is 37.2 Å². The first-order valence-electron chi connectivity index (χ1n) is 11.0. The van der Waals surface area contributed by atoms with Gasteiger partial charge in [0.25, 0.3) is 11.8 Å². The summed E-state index contributed by atoms with van der Waals surface area (Å²) in [6.45, 7) is 0. The Bertz CT molecular complexity index is 1280. The summed E-state index contributed by atoms with van der Waals surface area (Å²) in [5.74, 6) is -2.32. The van der Waals surface area contributed by atoms with Crippen molar-refractivity contribution in [2.75, 3.05) is 5.32 Å². The van der Waals surface area contributed by atoms with E-state index in [2.05, 4.69) is 15.4 Å². The van der Waals surface area contributed by atoms with E-state index in [0.717, 1.165) is 0 Å². The number of aromatic hydroxyl groups is 1. The maximum atomic E-state index is 14.4. The Morgan fingerprint density at radius 3 is 2.50 bits per heavy atom. The summed E-state index contributed by atoms with van der Waals surface area (Å²) in [5.41, 5.74) is 0.0446. The topological polar surface area (TPSA) is 105 Å². The standard InChI is InChI=1S/C23H24ClF2N5O3/c1-30-10-27-18(19(30)22(33)28-14-3-4-16(25)15(24)7-14)11-5-12-8-23(34,9-13(12)6-11)20-17(26)21(32)29-31(20)2/h3-4,7,10-13,34H,5-6,8-9H2,1-2H3,(H,28,33)(H,29,32). The zero-order chi connectivity index (χ0) is 24.4. The molecule has 2 fully saturated rings. The van der Waals surface area contributed by atoms with E-state index in [1.165, 1.54) is 29.9 Å². The number of rotatable bonds is 4. The first kappa shape index (κ1) is 22.8. The highest BCUT2D eigenvalue weighted by Gasteiger charge is 2.53. The summed E-state index contributed by atoms with van der Waals surface area (Å²) in [5, 5.41) is 27.2. The molecule has 2 saturated carbocycles. The second kappa shape index (κ2) is 8.06. The lowest BCUT2D eigenvalue weighted by Crippen LogP contribution is -2.27. The third kappa shape index (κ3) is 3.65. The average Bonchev–Trinajstić information content (AvgIpc) is 3.46. The van der Waals surface area contributed by atoms with Crippen LogP contribution in [0.5, 0.6) is 5.88 Å². The molecule has 180 valence electrons. The van der Waals surface area contributed by atoms with Gasteiger partial charge in [0, 0.05) is 25.7 Å². The molecule has 11 heteroatoms. The van der Waals surface area contributed by atoms with E-state index >= 15 is 0 Å². The van der Waals surface area contributed by atoms with Crippen molar-refractivity contribution < 1.29 is 23.8 Å². The van der Waals surface area contributed by atoms with Crippen LogP contribution in [0.1, 0.15) is 53.5 Å². The van der Waals surface area contributed by atoms with Gasteiger partial charge in [0.15, 0.2) is 0 Å². The fourth-order valence-corrected chi connectivity index (χ4v) is 6.04. The minimum Gasteiger partial charge on any atom is -0.490 e. The number of aromatic nitrogens is 4. The molecule has 3 N–H and O–H groups in total. The van der Waals surface area contributed by atoms with E-state index in [4.69, 9.17) is 11.6 Å². The van der Waals surface area contributed by atoms with Crippen molar-refractivity contribution in [2.24, 2.45) is 25.9 Å². The van der Waals surface area contributed by atoms with E-state index < -0.39 is 23.1 Å². The molecular weight excluding hydrogens is 468 g/mol. The van der Waals surface area contributed by atoms with Crippen LogP contribution in [0.15, 0.2) is 24.5 Å². The lowest BCUT2D eigenvalue weighted by atomic mass is 9.90. The number of benzene rings is 1. The van der Waals surface area contributed by atoms with Gasteiger partial charge in [0.05, 0.1) is 17.0 Å². The van der Waals surface area contributed by atoms with Crippen LogP contribution in [-0.2, 0) is 19.7 Å². The molecule has 2 atom stereocenters. The number of fused-ring (bicyclic) bond motifs is 1. The molecular formula is C23H24ClF2N5O3. The molecule has 0 bridgehead atoms. The first-order chi connectivity index (χ1) is 16.1. The van der Waals surface area contributed by atoms with Crippen molar-refractivity contribution in [3.05, 3.63) is 58.3 Å². The van der Waals surface area contributed by atoms with E-state index in [9.17, 15) is 23.8 Å². The number of carbonyl (C=O) groups excluding carboxylic acids is 1. The predicted molar refractivity (Wildman–Crippen MR) is 119 cm³/mol. The quantitative estimate of drug-likeness (QED) is 0.514. The molecule has 2 aromatic heterocycles. The highest BCUT2D eigenvalue weighted by Crippen LogP contribution is 2.57. The Balaban J connectivity index is 1.34. The second-order valence-corrected chi connectivity index (χ2v) is 9.82. The number of nitrogens with zero attached hydrogens (tertiary/aromatic N) is 4. The molecule has 0 spiro atoms. The molecule has 2 aliphatic rings. The van der Waals surface area contributed by atoms with Gasteiger partial charge in [-0.1, -0.05) is 11.6 Å². The summed E-state index contributed by atoms with van der Waals surface area (Å²) >= 11 is 5.82. The number of hydrogen-bond donors (Lipinski definition) is 3. The number of anilines is 1. The molecule has 34 heavy (non-hydrogen) atoms. The average molecular weight is 492 g/mol. The zero-order valence-corrected chi connectivity index (χ0v) is 19.4. The fourth-order valence-electron chi connectivity index (χ4n) is 5.86. The summed E-state index contributed by atoms with van der Waals surface area (Å²) < 4.78 is 30.7. The van der Waals surface area contributed by atoms with Gasteiger partial charge in [-0.3, -0.25) is 9.48 Å². The van der Waals surface area contributed by atoms with Gasteiger partial charge < -0.3 is 20.1 Å². The van der Waals surface area contributed by atoms with Crippen LogP contribution in [-0.4, -0.2) is 35.5 Å². The first-order valence-corrected chi connectivity index (χ1v) is 11.4. The number of halogens is 3. The van der Waals surface area contributed by atoms with Gasteiger partial charge in [0.1, 0.15) is 22.8 Å². The van der Waals surface area contributed by atoms with Crippen molar-refractivity contribution >= 4 is 23.2 Å². The normalized spacial score (nSPS) is 26.1. The SMILES string of the molecule is Cn1cnc(C2CC3CC(O)(c4c(F)c(O)nn4C)CC3C2)c1C(=O)Nc1ccc(F)c(Cl)c1. The Morgan fingerprint density at radius 1 is 1.24 bits per heavy atom. The molecule has 3 aromatic rings. The lowest BCUT2D eigenvalue weighted by molar-refractivity contribution is 0.0227. The maximum absolute atomic E-state index is 14.4. The van der Waals surface area contributed by atoms with Gasteiger partial charge in [-0.15, -0.1) is 5.10 Å². The van der Waals surface area contributed by atoms with Crippen LogP contribution in [0.4, 0.5) is 14.5 Å². The lowest BCUT2D eigenvalue weighted by Gasteiger charge is -2.24. The summed E-state index contributed by atoms with van der Waals surface area (Å²) in [7, 11) is 3.23. The molecule has 0 aliphatic heterocycles. The molecule has 2 heterocycles. The van der Waals surface area contributed by atoms with Crippen molar-refractivity contribution in [3.63, 3.8) is 0 Å². The number of imidazole rings is 1. The third-order valence-corrected chi connectivity index (χ3v) is 7.49. The van der Waals surface area contributed by atoms with Crippen LogP contribution >= 0.6 is 11.6 Å².